The number of halogens is 3. The van der Waals surface area contributed by atoms with Gasteiger partial charge < -0.3 is 5.32 Å². The molecule has 2 unspecified atom stereocenters. The summed E-state index contributed by atoms with van der Waals surface area (Å²) in [6.45, 7) is 0. The summed E-state index contributed by atoms with van der Waals surface area (Å²) >= 11 is 3.29. The maximum Gasteiger partial charge on any atom is 0.416 e. The molecule has 3 rings (SSSR count). The van der Waals surface area contributed by atoms with Gasteiger partial charge in [0.15, 0.2) is 5.13 Å². The molecule has 0 spiro atoms. The van der Waals surface area contributed by atoms with Crippen LogP contribution in [-0.4, -0.2) is 22.5 Å². The Balaban J connectivity index is 1.78. The van der Waals surface area contributed by atoms with Gasteiger partial charge in [-0.15, -0.1) is 0 Å². The van der Waals surface area contributed by atoms with Crippen LogP contribution < -0.4 is 5.32 Å². The fraction of sp³-hybridized carbons (Fsp3) is 0.500. The Morgan fingerprint density at radius 3 is 2.81 bits per heavy atom. The third-order valence-corrected chi connectivity index (χ3v) is 5.82. The maximum atomic E-state index is 12.7. The van der Waals surface area contributed by atoms with Crippen LogP contribution >= 0.6 is 23.1 Å². The van der Waals surface area contributed by atoms with E-state index in [9.17, 15) is 13.2 Å². The third-order valence-electron chi connectivity index (χ3n) is 3.76. The molecule has 0 radical (unpaired) electrons. The van der Waals surface area contributed by atoms with E-state index in [1.165, 1.54) is 23.8 Å². The van der Waals surface area contributed by atoms with Gasteiger partial charge in [0.25, 0.3) is 0 Å². The number of alkyl halides is 3. The van der Waals surface area contributed by atoms with Crippen LogP contribution in [0.1, 0.15) is 24.8 Å². The molecule has 7 heteroatoms. The van der Waals surface area contributed by atoms with Crippen molar-refractivity contribution in [1.29, 1.82) is 0 Å². The van der Waals surface area contributed by atoms with E-state index in [1.807, 2.05) is 11.8 Å². The second kappa shape index (κ2) is 5.68. The van der Waals surface area contributed by atoms with E-state index in [2.05, 4.69) is 16.6 Å². The molecule has 1 saturated carbocycles. The quantitative estimate of drug-likeness (QED) is 0.855. The highest BCUT2D eigenvalue weighted by molar-refractivity contribution is 7.99. The van der Waals surface area contributed by atoms with Crippen molar-refractivity contribution in [3.8, 4) is 0 Å². The lowest BCUT2D eigenvalue weighted by molar-refractivity contribution is -0.137. The number of thiazole rings is 1. The van der Waals surface area contributed by atoms with Crippen LogP contribution in [0.5, 0.6) is 0 Å². The third kappa shape index (κ3) is 3.29. The molecule has 0 saturated heterocycles. The van der Waals surface area contributed by atoms with Crippen molar-refractivity contribution in [3.05, 3.63) is 23.8 Å². The van der Waals surface area contributed by atoms with Crippen LogP contribution in [0, 0.1) is 0 Å². The van der Waals surface area contributed by atoms with Gasteiger partial charge in [-0.25, -0.2) is 4.98 Å². The molecule has 114 valence electrons. The highest BCUT2D eigenvalue weighted by atomic mass is 32.2. The van der Waals surface area contributed by atoms with Gasteiger partial charge >= 0.3 is 6.18 Å². The molecule has 1 fully saturated rings. The average Bonchev–Trinajstić information content (AvgIpc) is 3.02. The number of aromatic nitrogens is 1. The van der Waals surface area contributed by atoms with Crippen molar-refractivity contribution in [1.82, 2.24) is 4.98 Å². The summed E-state index contributed by atoms with van der Waals surface area (Å²) in [5.74, 6) is 0. The van der Waals surface area contributed by atoms with Crippen molar-refractivity contribution in [2.24, 2.45) is 0 Å². The largest absolute Gasteiger partial charge is 0.416 e. The van der Waals surface area contributed by atoms with E-state index < -0.39 is 11.7 Å². The number of rotatable bonds is 3. The van der Waals surface area contributed by atoms with Crippen LogP contribution in [0.4, 0.5) is 18.3 Å². The number of benzene rings is 1. The molecule has 0 aliphatic heterocycles. The van der Waals surface area contributed by atoms with Crippen molar-refractivity contribution >= 4 is 38.4 Å². The average molecular weight is 332 g/mol. The Bertz CT molecular complexity index is 639. The first-order valence-corrected chi connectivity index (χ1v) is 8.83. The standard InChI is InChI=1S/C14H15F3N2S2/c1-20-10-4-3-9(7-10)18-13-19-11-6-8(14(15,16)17)2-5-12(11)21-13/h2,5-6,9-10H,3-4,7H2,1H3,(H,18,19). The smallest absolute Gasteiger partial charge is 0.359 e. The normalized spacial score (nSPS) is 22.9. The van der Waals surface area contributed by atoms with Crippen molar-refractivity contribution in [2.75, 3.05) is 11.6 Å². The van der Waals surface area contributed by atoms with E-state index in [4.69, 9.17) is 0 Å². The lowest BCUT2D eigenvalue weighted by atomic mass is 10.2. The molecule has 0 bridgehead atoms. The Labute approximate surface area is 129 Å². The van der Waals surface area contributed by atoms with E-state index in [0.29, 0.717) is 16.8 Å². The fourth-order valence-corrected chi connectivity index (χ4v) is 4.35. The molecular weight excluding hydrogens is 317 g/mol. The Kier molecular flexibility index (Phi) is 4.05. The van der Waals surface area contributed by atoms with Gasteiger partial charge in [-0.1, -0.05) is 11.3 Å². The molecule has 1 N–H and O–H groups in total. The Morgan fingerprint density at radius 2 is 2.14 bits per heavy atom. The number of hydrogen-bond donors (Lipinski definition) is 1. The van der Waals surface area contributed by atoms with Gasteiger partial charge in [-0.3, -0.25) is 0 Å². The zero-order chi connectivity index (χ0) is 15.0. The number of nitrogens with one attached hydrogen (secondary N) is 1. The highest BCUT2D eigenvalue weighted by Gasteiger charge is 2.31. The molecule has 1 aliphatic carbocycles. The predicted molar refractivity (Wildman–Crippen MR) is 83.2 cm³/mol. The van der Waals surface area contributed by atoms with Gasteiger partial charge in [0.05, 0.1) is 15.8 Å². The second-order valence-electron chi connectivity index (χ2n) is 5.21. The fourth-order valence-electron chi connectivity index (χ4n) is 2.63. The molecule has 1 aromatic carbocycles. The first kappa shape index (κ1) is 15.0. The summed E-state index contributed by atoms with van der Waals surface area (Å²) in [6, 6.07) is 4.12. The van der Waals surface area contributed by atoms with Crippen molar-refractivity contribution < 1.29 is 13.2 Å². The minimum Gasteiger partial charge on any atom is -0.359 e. The maximum absolute atomic E-state index is 12.7. The minimum absolute atomic E-state index is 0.380. The zero-order valence-electron chi connectivity index (χ0n) is 11.4. The van der Waals surface area contributed by atoms with Gasteiger partial charge in [0.1, 0.15) is 0 Å². The van der Waals surface area contributed by atoms with Crippen LogP contribution in [0.25, 0.3) is 10.2 Å². The molecular formula is C14H15F3N2S2. The van der Waals surface area contributed by atoms with E-state index in [-0.39, 0.29) is 0 Å². The lowest BCUT2D eigenvalue weighted by Gasteiger charge is -2.10. The SMILES string of the molecule is CSC1CCC(Nc2nc3cc(C(F)(F)F)ccc3s2)C1. The van der Waals surface area contributed by atoms with E-state index >= 15 is 0 Å². The number of hydrogen-bond acceptors (Lipinski definition) is 4. The predicted octanol–water partition coefficient (Wildman–Crippen LogP) is 5.01. The molecule has 2 atom stereocenters. The molecule has 0 amide bonds. The summed E-state index contributed by atoms with van der Waals surface area (Å²) in [5, 5.41) is 4.76. The summed E-state index contributed by atoms with van der Waals surface area (Å²) in [7, 11) is 0. The lowest BCUT2D eigenvalue weighted by Crippen LogP contribution is -2.15. The Morgan fingerprint density at radius 1 is 1.33 bits per heavy atom. The summed E-state index contributed by atoms with van der Waals surface area (Å²) < 4.78 is 38.9. The summed E-state index contributed by atoms with van der Waals surface area (Å²) in [6.07, 6.45) is 1.16. The van der Waals surface area contributed by atoms with Gasteiger partial charge in [0.2, 0.25) is 0 Å². The highest BCUT2D eigenvalue weighted by Crippen LogP contribution is 2.35. The number of fused-ring (bicyclic) bond motifs is 1. The topological polar surface area (TPSA) is 24.9 Å². The number of nitrogens with zero attached hydrogens (tertiary/aromatic N) is 1. The monoisotopic (exact) mass is 332 g/mol. The van der Waals surface area contributed by atoms with Crippen LogP contribution in [0.2, 0.25) is 0 Å². The molecule has 1 aliphatic rings. The van der Waals surface area contributed by atoms with E-state index in [0.717, 1.165) is 34.8 Å². The summed E-state index contributed by atoms with van der Waals surface area (Å²) in [5.41, 5.74) is -0.230. The zero-order valence-corrected chi connectivity index (χ0v) is 13.0. The first-order chi connectivity index (χ1) is 9.95. The van der Waals surface area contributed by atoms with E-state index in [1.54, 1.807) is 0 Å². The van der Waals surface area contributed by atoms with Crippen LogP contribution in [-0.2, 0) is 6.18 Å². The molecule has 21 heavy (non-hydrogen) atoms. The summed E-state index contributed by atoms with van der Waals surface area (Å²) in [4.78, 5) is 4.30. The first-order valence-electron chi connectivity index (χ1n) is 6.73. The van der Waals surface area contributed by atoms with Gasteiger partial charge in [-0.05, 0) is 43.7 Å². The minimum atomic E-state index is -4.32. The van der Waals surface area contributed by atoms with Crippen molar-refractivity contribution in [3.63, 3.8) is 0 Å². The van der Waals surface area contributed by atoms with Gasteiger partial charge in [0, 0.05) is 11.3 Å². The second-order valence-corrected chi connectivity index (χ2v) is 7.38. The Hall–Kier alpha value is -0.950. The molecule has 2 aromatic rings. The van der Waals surface area contributed by atoms with Crippen LogP contribution in [0.3, 0.4) is 0 Å². The van der Waals surface area contributed by atoms with Crippen molar-refractivity contribution in [2.45, 2.75) is 36.7 Å². The molecule has 1 heterocycles. The molecule has 1 aromatic heterocycles. The number of thioether (sulfide) groups is 1. The van der Waals surface area contributed by atoms with Gasteiger partial charge in [-0.2, -0.15) is 24.9 Å². The van der Waals surface area contributed by atoms with Crippen LogP contribution in [0.15, 0.2) is 18.2 Å². The molecule has 2 nitrogen and oxygen atoms in total. The number of anilines is 1.